The van der Waals surface area contributed by atoms with E-state index in [1.165, 1.54) is 11.2 Å². The number of benzene rings is 1. The van der Waals surface area contributed by atoms with Gasteiger partial charge in [0.1, 0.15) is 6.61 Å². The number of rotatable bonds is 31. The van der Waals surface area contributed by atoms with Crippen molar-refractivity contribution < 1.29 is 57.0 Å². The van der Waals surface area contributed by atoms with Gasteiger partial charge in [0, 0.05) is 0 Å². The van der Waals surface area contributed by atoms with Crippen LogP contribution in [-0.4, -0.2) is 149 Å². The van der Waals surface area contributed by atoms with Crippen LogP contribution in [0.15, 0.2) is 37.1 Å². The van der Waals surface area contributed by atoms with Gasteiger partial charge in [-0.25, -0.2) is 0 Å². The minimum atomic E-state index is -0.277. The molecule has 0 unspecified atom stereocenters. The molecule has 0 aliphatic carbocycles. The van der Waals surface area contributed by atoms with E-state index in [0.717, 1.165) is 0 Å². The van der Waals surface area contributed by atoms with Gasteiger partial charge in [-0.3, -0.25) is 14.5 Å². The summed E-state index contributed by atoms with van der Waals surface area (Å²) in [5, 5.41) is 0. The average Bonchev–Trinajstić information content (AvgIpc) is 3.26. The molecule has 1 aromatic rings. The Hall–Kier alpha value is -2.46. The first-order valence-electron chi connectivity index (χ1n) is 14.6. The molecule has 0 N–H and O–H groups in total. The van der Waals surface area contributed by atoms with Gasteiger partial charge in [-0.05, 0) is 12.1 Å². The van der Waals surface area contributed by atoms with Crippen LogP contribution in [0.3, 0.4) is 0 Å². The number of amides is 2. The summed E-state index contributed by atoms with van der Waals surface area (Å²) in [4.78, 5) is 25.8. The van der Waals surface area contributed by atoms with Gasteiger partial charge in [-0.1, -0.05) is 18.7 Å². The maximum atomic E-state index is 12.3. The highest BCUT2D eigenvalue weighted by atomic mass is 16.6. The second-order valence-corrected chi connectivity index (χ2v) is 8.86. The molecule has 0 bridgehead atoms. The van der Waals surface area contributed by atoms with Gasteiger partial charge in [-0.15, -0.1) is 0 Å². The summed E-state index contributed by atoms with van der Waals surface area (Å²) in [5.74, 6) is -0.554. The van der Waals surface area contributed by atoms with Crippen molar-refractivity contribution >= 4 is 11.8 Å². The zero-order chi connectivity index (χ0) is 30.6. The van der Waals surface area contributed by atoms with Crippen LogP contribution in [-0.2, 0) is 47.4 Å². The normalized spacial score (nSPS) is 12.7. The minimum Gasteiger partial charge on any atom is -0.499 e. The van der Waals surface area contributed by atoms with E-state index in [1.54, 1.807) is 24.3 Å². The number of hydrogen-bond acceptors (Lipinski definition) is 12. The molecule has 1 aliphatic heterocycles. The van der Waals surface area contributed by atoms with Gasteiger partial charge < -0.3 is 47.4 Å². The summed E-state index contributed by atoms with van der Waals surface area (Å²) < 4.78 is 53.8. The summed E-state index contributed by atoms with van der Waals surface area (Å²) in [6.07, 6.45) is 1.39. The number of hydrogen-bond donors (Lipinski definition) is 0. The summed E-state index contributed by atoms with van der Waals surface area (Å²) in [6, 6.07) is 6.82. The Morgan fingerprint density at radius 2 is 0.744 bits per heavy atom. The maximum absolute atomic E-state index is 12.3. The lowest BCUT2D eigenvalue weighted by Crippen LogP contribution is -2.33. The van der Waals surface area contributed by atoms with Crippen molar-refractivity contribution in [3.63, 3.8) is 0 Å². The molecular formula is C30H47NO12. The molecule has 13 heteroatoms. The molecule has 43 heavy (non-hydrogen) atoms. The first-order chi connectivity index (χ1) is 21.3. The molecule has 0 radical (unpaired) electrons. The van der Waals surface area contributed by atoms with Gasteiger partial charge >= 0.3 is 0 Å². The number of ether oxygens (including phenoxy) is 10. The molecular weight excluding hydrogens is 566 g/mol. The molecule has 0 atom stereocenters. The van der Waals surface area contributed by atoms with Crippen LogP contribution in [0, 0.1) is 0 Å². The number of nitrogens with zero attached hydrogens (tertiary/aromatic N) is 1. The van der Waals surface area contributed by atoms with Crippen molar-refractivity contribution in [3.05, 3.63) is 48.2 Å². The summed E-state index contributed by atoms with van der Waals surface area (Å²) in [6.45, 7) is 12.5. The lowest BCUT2D eigenvalue weighted by atomic mass is 10.1. The highest BCUT2D eigenvalue weighted by Crippen LogP contribution is 2.21. The zero-order valence-corrected chi connectivity index (χ0v) is 25.1. The standard InChI is InChI=1S/C30H47NO12/c1-2-34-9-10-36-13-14-38-17-18-40-21-22-42-25-26-43-24-23-41-20-19-39-16-15-37-12-11-35-8-7-31-29(32)27-5-3-4-6-28(27)30(31)33/h2-6H,1,7-26H2. The van der Waals surface area contributed by atoms with Gasteiger partial charge in [-0.2, -0.15) is 0 Å². The Bertz CT molecular complexity index is 836. The first-order valence-corrected chi connectivity index (χ1v) is 14.6. The average molecular weight is 614 g/mol. The van der Waals surface area contributed by atoms with E-state index in [4.69, 9.17) is 47.4 Å². The Morgan fingerprint density at radius 3 is 1.05 bits per heavy atom. The molecule has 1 heterocycles. The smallest absolute Gasteiger partial charge is 0.261 e. The first kappa shape index (κ1) is 36.7. The van der Waals surface area contributed by atoms with E-state index < -0.39 is 0 Å². The quantitative estimate of drug-likeness (QED) is 0.0685. The molecule has 2 rings (SSSR count). The third kappa shape index (κ3) is 17.4. The Balaban J connectivity index is 1.20. The molecule has 1 aliphatic rings. The second kappa shape index (κ2) is 26.0. The summed E-state index contributed by atoms with van der Waals surface area (Å²) in [7, 11) is 0. The highest BCUT2D eigenvalue weighted by molar-refractivity contribution is 6.21. The van der Waals surface area contributed by atoms with Crippen molar-refractivity contribution in [2.75, 3.05) is 132 Å². The maximum Gasteiger partial charge on any atom is 0.261 e. The van der Waals surface area contributed by atoms with Crippen molar-refractivity contribution in [1.29, 1.82) is 0 Å². The Kier molecular flexibility index (Phi) is 22.2. The molecule has 0 spiro atoms. The van der Waals surface area contributed by atoms with E-state index in [1.807, 2.05) is 0 Å². The van der Waals surface area contributed by atoms with Crippen molar-refractivity contribution in [3.8, 4) is 0 Å². The fourth-order valence-electron chi connectivity index (χ4n) is 3.65. The third-order valence-electron chi connectivity index (χ3n) is 5.78. The molecule has 0 aromatic heterocycles. The van der Waals surface area contributed by atoms with Crippen LogP contribution in [0.5, 0.6) is 0 Å². The topological polar surface area (TPSA) is 130 Å². The van der Waals surface area contributed by atoms with E-state index >= 15 is 0 Å². The highest BCUT2D eigenvalue weighted by Gasteiger charge is 2.34. The predicted molar refractivity (Wildman–Crippen MR) is 155 cm³/mol. The van der Waals surface area contributed by atoms with Crippen molar-refractivity contribution in [1.82, 2.24) is 4.90 Å². The third-order valence-corrected chi connectivity index (χ3v) is 5.78. The number of fused-ring (bicyclic) bond motifs is 1. The number of carbonyl (C=O) groups excluding carboxylic acids is 2. The molecule has 0 saturated heterocycles. The molecule has 244 valence electrons. The van der Waals surface area contributed by atoms with Gasteiger partial charge in [0.25, 0.3) is 11.8 Å². The molecule has 13 nitrogen and oxygen atoms in total. The van der Waals surface area contributed by atoms with E-state index in [0.29, 0.717) is 130 Å². The summed E-state index contributed by atoms with van der Waals surface area (Å²) in [5.41, 5.74) is 0.885. The minimum absolute atomic E-state index is 0.215. The number of carbonyl (C=O) groups is 2. The second-order valence-electron chi connectivity index (χ2n) is 8.86. The van der Waals surface area contributed by atoms with Crippen molar-refractivity contribution in [2.45, 2.75) is 0 Å². The van der Waals surface area contributed by atoms with Crippen LogP contribution >= 0.6 is 0 Å². The Labute approximate surface area is 254 Å². The van der Waals surface area contributed by atoms with Gasteiger partial charge in [0.2, 0.25) is 0 Å². The molecule has 1 aromatic carbocycles. The SMILES string of the molecule is C=COCCOCCOCCOCCOCCOCCOCCOCCOCCOCCN1C(=O)c2ccccc2C1=O. The zero-order valence-electron chi connectivity index (χ0n) is 25.1. The van der Waals surface area contributed by atoms with Crippen LogP contribution in [0.4, 0.5) is 0 Å². The number of imide groups is 1. The van der Waals surface area contributed by atoms with Gasteiger partial charge in [0.15, 0.2) is 0 Å². The lowest BCUT2D eigenvalue weighted by Gasteiger charge is -2.13. The lowest BCUT2D eigenvalue weighted by molar-refractivity contribution is -0.0257. The van der Waals surface area contributed by atoms with E-state index in [-0.39, 0.29) is 25.0 Å². The van der Waals surface area contributed by atoms with Crippen LogP contribution < -0.4 is 0 Å². The fraction of sp³-hybridized carbons (Fsp3) is 0.667. The summed E-state index contributed by atoms with van der Waals surface area (Å²) >= 11 is 0. The predicted octanol–water partition coefficient (Wildman–Crippen LogP) is 1.59. The molecule has 0 saturated carbocycles. The van der Waals surface area contributed by atoms with E-state index in [2.05, 4.69) is 6.58 Å². The largest absolute Gasteiger partial charge is 0.499 e. The fourth-order valence-corrected chi connectivity index (χ4v) is 3.65. The van der Waals surface area contributed by atoms with Crippen LogP contribution in [0.2, 0.25) is 0 Å². The van der Waals surface area contributed by atoms with Gasteiger partial charge in [0.05, 0.1) is 143 Å². The Morgan fingerprint density at radius 1 is 0.465 bits per heavy atom. The van der Waals surface area contributed by atoms with E-state index in [9.17, 15) is 9.59 Å². The molecule has 0 fully saturated rings. The van der Waals surface area contributed by atoms with Crippen LogP contribution in [0.25, 0.3) is 0 Å². The van der Waals surface area contributed by atoms with Crippen LogP contribution in [0.1, 0.15) is 20.7 Å². The molecule has 2 amide bonds. The van der Waals surface area contributed by atoms with Crippen molar-refractivity contribution in [2.24, 2.45) is 0 Å². The monoisotopic (exact) mass is 613 g/mol.